The maximum absolute atomic E-state index is 14.4. The zero-order valence-corrected chi connectivity index (χ0v) is 63.4. The third-order valence-electron chi connectivity index (χ3n) is 27.0. The molecule has 1 saturated heterocycles. The first kappa shape index (κ1) is 79.5. The van der Waals surface area contributed by atoms with Gasteiger partial charge in [0.2, 0.25) is 3.79 Å². The number of hydrogen-bond acceptors (Lipinski definition) is 18. The highest BCUT2D eigenvalue weighted by Gasteiger charge is 2.71. The van der Waals surface area contributed by atoms with E-state index in [1.807, 2.05) is 0 Å². The Morgan fingerprint density at radius 3 is 1.39 bits per heavy atom. The first-order valence-electron chi connectivity index (χ1n) is 38.3. The third-order valence-corrected chi connectivity index (χ3v) is 27.4. The van der Waals surface area contributed by atoms with Gasteiger partial charge in [-0.3, -0.25) is 33.6 Å². The molecule has 9 rings (SSSR count). The van der Waals surface area contributed by atoms with Crippen LogP contribution in [0, 0.1) is 67.0 Å². The predicted octanol–water partition coefficient (Wildman–Crippen LogP) is 15.8. The van der Waals surface area contributed by atoms with E-state index in [0.29, 0.717) is 69.3 Å². The van der Waals surface area contributed by atoms with Crippen molar-refractivity contribution >= 4 is 82.7 Å². The molecule has 8 aliphatic carbocycles. The van der Waals surface area contributed by atoms with Gasteiger partial charge in [-0.15, -0.1) is 0 Å². The number of aliphatic hydroxyl groups is 1. The molecule has 4 bridgehead atoms. The quantitative estimate of drug-likeness (QED) is 0.0275. The van der Waals surface area contributed by atoms with Gasteiger partial charge in [0.1, 0.15) is 31.5 Å². The average molecular weight is 1450 g/mol. The summed E-state index contributed by atoms with van der Waals surface area (Å²) < 4.78 is 51.3. The molecule has 22 heteroatoms. The van der Waals surface area contributed by atoms with Crippen LogP contribution in [0.3, 0.4) is 0 Å². The van der Waals surface area contributed by atoms with E-state index >= 15 is 0 Å². The molecule has 2 spiro atoms. The second-order valence-electron chi connectivity index (χ2n) is 33.9. The van der Waals surface area contributed by atoms with Crippen LogP contribution in [-0.4, -0.2) is 132 Å². The summed E-state index contributed by atoms with van der Waals surface area (Å²) in [6.45, 7) is 17.5. The number of esters is 7. The fraction of sp³-hybridized carbons (Fsp3) is 0.896. The monoisotopic (exact) mass is 1450 g/mol. The number of unbranched alkanes of at least 4 members (excludes halogenated alkanes) is 11. The Morgan fingerprint density at radius 2 is 0.929 bits per heavy atom. The Labute approximate surface area is 604 Å². The lowest BCUT2D eigenvalue weighted by Gasteiger charge is -2.64. The SMILES string of the molecule is CC(=O)OC[C@H]1O[C@H](CCCCCCOC(=O)[C@]2(C)CCC[C@@]3(C)[C@@H]4CC[C@@]5(C)C[C@]4(CC[C@@H]32)CC5OC(=O)CCCCCCCCC(=O)OC2C[C@]34CC[C@H]5[C@@](C)(CCC[C@@]5(C)C(=O)OCCCCCCO)[C@@H]3CC[C@@]2(C)C4)[C@H](NC(=O)OCC(Cl)(Cl)Cl)[C@@H](OC(C)=O)[C@@H]1OC(C)=O. The Morgan fingerprint density at radius 1 is 0.485 bits per heavy atom. The smallest absolute Gasteiger partial charge is 0.407 e. The second kappa shape index (κ2) is 33.2. The van der Waals surface area contributed by atoms with Crippen LogP contribution in [0.25, 0.3) is 0 Å². The van der Waals surface area contributed by atoms with Crippen LogP contribution in [0.4, 0.5) is 4.79 Å². The highest BCUT2D eigenvalue weighted by molar-refractivity contribution is 6.67. The van der Waals surface area contributed by atoms with Crippen LogP contribution in [0.15, 0.2) is 0 Å². The van der Waals surface area contributed by atoms with E-state index in [4.69, 9.17) is 82.5 Å². The Hall–Kier alpha value is -3.65. The van der Waals surface area contributed by atoms with Crippen molar-refractivity contribution < 1.29 is 86.1 Å². The predicted molar refractivity (Wildman–Crippen MR) is 373 cm³/mol. The molecule has 0 aromatic rings. The molecule has 9 fully saturated rings. The van der Waals surface area contributed by atoms with Crippen molar-refractivity contribution in [2.24, 2.45) is 67.0 Å². The third kappa shape index (κ3) is 18.2. The molecule has 2 N–H and O–H groups in total. The average Bonchev–Trinajstić information content (AvgIpc) is 1.64. The number of rotatable bonds is 32. The van der Waals surface area contributed by atoms with Crippen LogP contribution in [0.1, 0.15) is 287 Å². The molecule has 8 saturated carbocycles. The Balaban J connectivity index is 0.675. The van der Waals surface area contributed by atoms with Crippen LogP contribution in [-0.2, 0) is 76.2 Å². The molecule has 2 unspecified atom stereocenters. The Kier molecular flexibility index (Phi) is 26.7. The summed E-state index contributed by atoms with van der Waals surface area (Å²) in [5.41, 5.74) is -0.970. The van der Waals surface area contributed by atoms with Crippen molar-refractivity contribution in [2.75, 3.05) is 33.0 Å². The first-order chi connectivity index (χ1) is 46.8. The largest absolute Gasteiger partial charge is 0.465 e. The summed E-state index contributed by atoms with van der Waals surface area (Å²) in [4.78, 5) is 105. The van der Waals surface area contributed by atoms with Gasteiger partial charge >= 0.3 is 47.9 Å². The summed E-state index contributed by atoms with van der Waals surface area (Å²) in [5.74, 6) is -0.981. The van der Waals surface area contributed by atoms with E-state index in [-0.39, 0.29) is 94.3 Å². The van der Waals surface area contributed by atoms with E-state index in [0.717, 1.165) is 180 Å². The lowest BCUT2D eigenvalue weighted by molar-refractivity contribution is -0.223. The summed E-state index contributed by atoms with van der Waals surface area (Å²) in [6, 6.07) is -1.10. The molecule has 0 aromatic heterocycles. The minimum Gasteiger partial charge on any atom is -0.465 e. The van der Waals surface area contributed by atoms with Crippen LogP contribution >= 0.6 is 34.8 Å². The molecule has 0 aromatic carbocycles. The molecule has 1 aliphatic heterocycles. The molecule has 99 heavy (non-hydrogen) atoms. The first-order valence-corrected chi connectivity index (χ1v) is 39.4. The summed E-state index contributed by atoms with van der Waals surface area (Å²) in [6.07, 6.45) is 25.3. The molecule has 1 amide bonds. The van der Waals surface area contributed by atoms with Gasteiger partial charge in [-0.25, -0.2) is 4.79 Å². The van der Waals surface area contributed by atoms with Crippen molar-refractivity contribution in [1.82, 2.24) is 5.32 Å². The molecule has 0 radical (unpaired) electrons. The van der Waals surface area contributed by atoms with E-state index in [2.05, 4.69) is 46.9 Å². The number of carbonyl (C=O) groups excluding carboxylic acids is 8. The number of aliphatic hydroxyl groups excluding tert-OH is 1. The van der Waals surface area contributed by atoms with Crippen molar-refractivity contribution in [2.45, 2.75) is 334 Å². The zero-order valence-electron chi connectivity index (χ0n) is 61.2. The second-order valence-corrected chi connectivity index (χ2v) is 36.4. The van der Waals surface area contributed by atoms with Crippen molar-refractivity contribution in [3.05, 3.63) is 0 Å². The lowest BCUT2D eigenvalue weighted by atomic mass is 9.40. The van der Waals surface area contributed by atoms with Gasteiger partial charge in [-0.2, -0.15) is 0 Å². The maximum atomic E-state index is 14.4. The number of hydrogen-bond donors (Lipinski definition) is 2. The molecular weight excluding hydrogens is 1330 g/mol. The number of fused-ring (bicyclic) bond motifs is 6. The normalized spacial score (nSPS) is 38.0. The van der Waals surface area contributed by atoms with Crippen LogP contribution in [0.5, 0.6) is 0 Å². The van der Waals surface area contributed by atoms with E-state index in [1.54, 1.807) is 0 Å². The number of alkyl carbamates (subject to hydrolysis) is 1. The van der Waals surface area contributed by atoms with Crippen LogP contribution < -0.4 is 5.32 Å². The zero-order chi connectivity index (χ0) is 71.8. The maximum Gasteiger partial charge on any atom is 0.407 e. The molecule has 1 heterocycles. The Bertz CT molecular complexity index is 2840. The van der Waals surface area contributed by atoms with Crippen molar-refractivity contribution in [3.8, 4) is 0 Å². The van der Waals surface area contributed by atoms with Crippen LogP contribution in [0.2, 0.25) is 0 Å². The highest BCUT2D eigenvalue weighted by Crippen LogP contribution is 2.76. The number of alkyl halides is 3. The number of nitrogens with one attached hydrogen (secondary N) is 1. The van der Waals surface area contributed by atoms with E-state index in [1.165, 1.54) is 20.8 Å². The molecule has 19 nitrogen and oxygen atoms in total. The standard InChI is InChI=1S/C77H120Cl3NO18/c1-50(83)93-46-54-64(95-51(2)84)65(96-52(3)85)63(81-68(90)94-49-77(78,79)80)53(97-54)26-18-14-16-22-42-91-66(88)73(8)35-24-33-71(6)55(73)31-39-75-44-59(69(4,47-75)37-29-57(71)75)98-61(86)27-19-12-10-11-13-20-28-62(87)99-60-45-76-40-32-56-72(7,58(76)30-38-70(60,5)48-76)34-25-36-74(56,9)67(89)92-43-23-17-15-21-41-82/h53-60,63-65,82H,10-49H2,1-9H3,(H,81,90)/t53-,54-,55+,56+,57+,58+,59?,60?,63+,64-,65-,69+,70+,71-,72-,73-,74-,75+,76+/m1/s1. The van der Waals surface area contributed by atoms with Gasteiger partial charge < -0.3 is 53.1 Å². The van der Waals surface area contributed by atoms with E-state index < -0.39 is 75.7 Å². The number of carbonyl (C=O) groups is 8. The highest BCUT2D eigenvalue weighted by atomic mass is 35.6. The summed E-state index contributed by atoms with van der Waals surface area (Å²) >= 11 is 17.5. The fourth-order valence-electron chi connectivity index (χ4n) is 22.7. The van der Waals surface area contributed by atoms with Gasteiger partial charge in [0.15, 0.2) is 12.2 Å². The van der Waals surface area contributed by atoms with Gasteiger partial charge in [-0.1, -0.05) is 127 Å². The summed E-state index contributed by atoms with van der Waals surface area (Å²) in [5, 5.41) is 11.8. The lowest BCUT2D eigenvalue weighted by Crippen LogP contribution is -2.66. The molecular formula is C77H120Cl3NO18. The van der Waals surface area contributed by atoms with Crippen molar-refractivity contribution in [1.29, 1.82) is 0 Å². The topological polar surface area (TPSA) is 252 Å². The van der Waals surface area contributed by atoms with Gasteiger partial charge in [0.25, 0.3) is 0 Å². The van der Waals surface area contributed by atoms with E-state index in [9.17, 15) is 38.4 Å². The van der Waals surface area contributed by atoms with Gasteiger partial charge in [0.05, 0.1) is 36.2 Å². The number of ether oxygens (including phenoxy) is 9. The number of halogens is 3. The molecule has 562 valence electrons. The van der Waals surface area contributed by atoms with Crippen molar-refractivity contribution in [3.63, 3.8) is 0 Å². The molecule has 19 atom stereocenters. The fourth-order valence-corrected chi connectivity index (χ4v) is 22.9. The summed E-state index contributed by atoms with van der Waals surface area (Å²) in [7, 11) is 0. The minimum atomic E-state index is -1.91. The van der Waals surface area contributed by atoms with Gasteiger partial charge in [-0.05, 0) is 207 Å². The number of amides is 1. The minimum absolute atomic E-state index is 0.0112. The molecule has 9 aliphatic rings. The van der Waals surface area contributed by atoms with Gasteiger partial charge in [0, 0.05) is 51.0 Å².